The van der Waals surface area contributed by atoms with Gasteiger partial charge in [-0.3, -0.25) is 9.69 Å². The average Bonchev–Trinajstić information content (AvgIpc) is 2.70. The first-order valence-electron chi connectivity index (χ1n) is 9.02. The molecule has 2 heterocycles. The van der Waals surface area contributed by atoms with Crippen molar-refractivity contribution >= 4 is 22.4 Å². The van der Waals surface area contributed by atoms with Crippen LogP contribution >= 0.6 is 0 Å². The fourth-order valence-electron chi connectivity index (χ4n) is 3.61. The van der Waals surface area contributed by atoms with E-state index >= 15 is 0 Å². The number of nitrogens with one attached hydrogen (secondary N) is 1. The van der Waals surface area contributed by atoms with E-state index in [2.05, 4.69) is 39.0 Å². The lowest BCUT2D eigenvalue weighted by molar-refractivity contribution is 0.250. The van der Waals surface area contributed by atoms with Gasteiger partial charge in [0.1, 0.15) is 17.5 Å². The van der Waals surface area contributed by atoms with Gasteiger partial charge in [0.15, 0.2) is 0 Å². The summed E-state index contributed by atoms with van der Waals surface area (Å²) in [6.07, 6.45) is 0. The van der Waals surface area contributed by atoms with Crippen LogP contribution < -0.4 is 16.1 Å². The molecule has 4 rings (SSSR count). The van der Waals surface area contributed by atoms with Gasteiger partial charge in [0.2, 0.25) is 5.43 Å². The highest BCUT2D eigenvalue weighted by Crippen LogP contribution is 2.22. The third-order valence-electron chi connectivity index (χ3n) is 5.11. The zero-order chi connectivity index (χ0) is 18.8. The average molecular weight is 359 g/mol. The number of hydrogen-bond acceptors (Lipinski definition) is 5. The standard InChI is InChI=1S/C21H21N5O/c22-13-18-20(27)17-12-16(6-7-19(17)24-21(18)23)26-10-8-25(9-11-26)14-15-4-2-1-3-5-15/h1-7,12H,8-11,14H2,(H3,23,24,27). The van der Waals surface area contributed by atoms with Gasteiger partial charge >= 0.3 is 0 Å². The molecule has 136 valence electrons. The zero-order valence-corrected chi connectivity index (χ0v) is 15.0. The number of piperazine rings is 1. The first-order chi connectivity index (χ1) is 13.2. The third-order valence-corrected chi connectivity index (χ3v) is 5.11. The summed E-state index contributed by atoms with van der Waals surface area (Å²) in [5.41, 5.74) is 8.41. The van der Waals surface area contributed by atoms with Crippen molar-refractivity contribution in [2.24, 2.45) is 0 Å². The Hall–Kier alpha value is -3.30. The van der Waals surface area contributed by atoms with E-state index in [1.165, 1.54) is 5.56 Å². The predicted octanol–water partition coefficient (Wildman–Crippen LogP) is 2.30. The molecule has 0 radical (unpaired) electrons. The van der Waals surface area contributed by atoms with Crippen molar-refractivity contribution in [2.45, 2.75) is 6.54 Å². The fourth-order valence-corrected chi connectivity index (χ4v) is 3.61. The quantitative estimate of drug-likeness (QED) is 0.749. The number of anilines is 2. The predicted molar refractivity (Wildman–Crippen MR) is 108 cm³/mol. The Bertz CT molecular complexity index is 1060. The smallest absolute Gasteiger partial charge is 0.209 e. The molecule has 27 heavy (non-hydrogen) atoms. The SMILES string of the molecule is N#Cc1c(N)[nH]c2ccc(N3CCN(Cc4ccccc4)CC3)cc2c1=O. The Labute approximate surface area is 157 Å². The summed E-state index contributed by atoms with van der Waals surface area (Å²) < 4.78 is 0. The number of aromatic nitrogens is 1. The zero-order valence-electron chi connectivity index (χ0n) is 15.0. The Kier molecular flexibility index (Phi) is 4.53. The van der Waals surface area contributed by atoms with Crippen LogP contribution in [0.4, 0.5) is 11.5 Å². The molecule has 1 aromatic heterocycles. The number of rotatable bonds is 3. The van der Waals surface area contributed by atoms with Gasteiger partial charge < -0.3 is 15.6 Å². The lowest BCUT2D eigenvalue weighted by atomic mass is 10.1. The maximum absolute atomic E-state index is 12.5. The van der Waals surface area contributed by atoms with Crippen LogP contribution in [0.5, 0.6) is 0 Å². The molecule has 1 aliphatic rings. The minimum atomic E-state index is -0.312. The van der Waals surface area contributed by atoms with Crippen LogP contribution in [0.2, 0.25) is 0 Å². The van der Waals surface area contributed by atoms with Crippen molar-refractivity contribution < 1.29 is 0 Å². The summed E-state index contributed by atoms with van der Waals surface area (Å²) in [4.78, 5) is 20.2. The lowest BCUT2D eigenvalue weighted by Crippen LogP contribution is -2.46. The molecule has 3 aromatic rings. The van der Waals surface area contributed by atoms with Crippen LogP contribution in [0.1, 0.15) is 11.1 Å². The van der Waals surface area contributed by atoms with E-state index in [1.807, 2.05) is 30.3 Å². The summed E-state index contributed by atoms with van der Waals surface area (Å²) in [5, 5.41) is 9.67. The van der Waals surface area contributed by atoms with E-state index in [-0.39, 0.29) is 16.8 Å². The second-order valence-electron chi connectivity index (χ2n) is 6.83. The van der Waals surface area contributed by atoms with E-state index in [0.717, 1.165) is 38.4 Å². The second kappa shape index (κ2) is 7.14. The fraction of sp³-hybridized carbons (Fsp3) is 0.238. The molecule has 1 fully saturated rings. The number of nitriles is 1. The Balaban J connectivity index is 1.52. The van der Waals surface area contributed by atoms with Crippen molar-refractivity contribution in [2.75, 3.05) is 36.8 Å². The molecule has 0 atom stereocenters. The van der Waals surface area contributed by atoms with Gasteiger partial charge in [-0.05, 0) is 23.8 Å². The lowest BCUT2D eigenvalue weighted by Gasteiger charge is -2.36. The van der Waals surface area contributed by atoms with Gasteiger partial charge in [0, 0.05) is 43.8 Å². The summed E-state index contributed by atoms with van der Waals surface area (Å²) in [7, 11) is 0. The number of nitrogens with two attached hydrogens (primary N) is 1. The molecular weight excluding hydrogens is 338 g/mol. The number of nitrogen functional groups attached to an aromatic ring is 1. The van der Waals surface area contributed by atoms with Crippen LogP contribution in [-0.2, 0) is 6.54 Å². The third kappa shape index (κ3) is 3.37. The highest BCUT2D eigenvalue weighted by atomic mass is 16.1. The minimum Gasteiger partial charge on any atom is -0.384 e. The van der Waals surface area contributed by atoms with E-state index < -0.39 is 0 Å². The molecule has 1 aliphatic heterocycles. The highest BCUT2D eigenvalue weighted by Gasteiger charge is 2.18. The molecule has 3 N–H and O–H groups in total. The first kappa shape index (κ1) is 17.1. The molecule has 0 aliphatic carbocycles. The summed E-state index contributed by atoms with van der Waals surface area (Å²) in [6.45, 7) is 4.69. The molecule has 2 aromatic carbocycles. The second-order valence-corrected chi connectivity index (χ2v) is 6.83. The normalized spacial score (nSPS) is 15.0. The van der Waals surface area contributed by atoms with Crippen molar-refractivity contribution in [1.29, 1.82) is 5.26 Å². The number of H-pyrrole nitrogens is 1. The van der Waals surface area contributed by atoms with Crippen LogP contribution in [0.15, 0.2) is 53.3 Å². The minimum absolute atomic E-state index is 0.0210. The molecule has 0 spiro atoms. The summed E-state index contributed by atoms with van der Waals surface area (Å²) in [6, 6.07) is 18.1. The van der Waals surface area contributed by atoms with Crippen molar-refractivity contribution in [1.82, 2.24) is 9.88 Å². The number of hydrogen-bond donors (Lipinski definition) is 2. The van der Waals surface area contributed by atoms with Crippen molar-refractivity contribution in [3.05, 3.63) is 69.9 Å². The van der Waals surface area contributed by atoms with E-state index in [0.29, 0.717) is 10.9 Å². The van der Waals surface area contributed by atoms with Crippen molar-refractivity contribution in [3.8, 4) is 6.07 Å². The molecule has 0 saturated carbocycles. The number of fused-ring (bicyclic) bond motifs is 1. The summed E-state index contributed by atoms with van der Waals surface area (Å²) in [5.74, 6) is 0.122. The molecule has 0 amide bonds. The highest BCUT2D eigenvalue weighted by molar-refractivity contribution is 5.85. The van der Waals surface area contributed by atoms with Gasteiger partial charge in [-0.25, -0.2) is 0 Å². The topological polar surface area (TPSA) is 89.1 Å². The monoisotopic (exact) mass is 359 g/mol. The number of nitrogens with zero attached hydrogens (tertiary/aromatic N) is 3. The Morgan fingerprint density at radius 3 is 2.52 bits per heavy atom. The number of benzene rings is 2. The molecule has 6 nitrogen and oxygen atoms in total. The first-order valence-corrected chi connectivity index (χ1v) is 9.02. The largest absolute Gasteiger partial charge is 0.384 e. The van der Waals surface area contributed by atoms with E-state index in [9.17, 15) is 4.79 Å². The van der Waals surface area contributed by atoms with E-state index in [4.69, 9.17) is 11.0 Å². The van der Waals surface area contributed by atoms with Gasteiger partial charge in [-0.1, -0.05) is 30.3 Å². The van der Waals surface area contributed by atoms with Gasteiger partial charge in [0.25, 0.3) is 0 Å². The molecule has 0 bridgehead atoms. The molecule has 6 heteroatoms. The Morgan fingerprint density at radius 2 is 1.81 bits per heavy atom. The summed E-state index contributed by atoms with van der Waals surface area (Å²) >= 11 is 0. The van der Waals surface area contributed by atoms with Crippen LogP contribution in [0.3, 0.4) is 0 Å². The van der Waals surface area contributed by atoms with Crippen LogP contribution in [0.25, 0.3) is 10.9 Å². The maximum atomic E-state index is 12.5. The Morgan fingerprint density at radius 1 is 1.07 bits per heavy atom. The number of aromatic amines is 1. The van der Waals surface area contributed by atoms with Crippen molar-refractivity contribution in [3.63, 3.8) is 0 Å². The maximum Gasteiger partial charge on any atom is 0.209 e. The number of pyridine rings is 1. The van der Waals surface area contributed by atoms with Crippen LogP contribution in [0, 0.1) is 11.3 Å². The van der Waals surface area contributed by atoms with Gasteiger partial charge in [-0.2, -0.15) is 5.26 Å². The van der Waals surface area contributed by atoms with Gasteiger partial charge in [-0.15, -0.1) is 0 Å². The molecular formula is C21H21N5O. The van der Waals surface area contributed by atoms with E-state index in [1.54, 1.807) is 0 Å². The van der Waals surface area contributed by atoms with Gasteiger partial charge in [0.05, 0.1) is 5.52 Å². The van der Waals surface area contributed by atoms with Crippen LogP contribution in [-0.4, -0.2) is 36.1 Å². The molecule has 0 unspecified atom stereocenters. The molecule has 1 saturated heterocycles.